The molecule has 1 N–H and O–H groups in total. The summed E-state index contributed by atoms with van der Waals surface area (Å²) in [5.41, 5.74) is 0. The Kier molecular flexibility index (Phi) is 5.93. The van der Waals surface area contributed by atoms with Crippen LogP contribution in [-0.2, 0) is 9.47 Å². The average molecular weight is 134 g/mol. The Balaban J connectivity index is 3.18. The zero-order valence-electron chi connectivity index (χ0n) is 5.96. The molecular formula is C6H14O3. The molecule has 0 rings (SSSR count). The van der Waals surface area contributed by atoms with Crippen molar-refractivity contribution in [1.29, 1.82) is 0 Å². The van der Waals surface area contributed by atoms with Crippen molar-refractivity contribution in [3.05, 3.63) is 0 Å². The van der Waals surface area contributed by atoms with Crippen LogP contribution in [0.2, 0.25) is 0 Å². The molecule has 0 saturated heterocycles. The second-order valence-corrected chi connectivity index (χ2v) is 1.72. The number of hydrogen-bond donors (Lipinski definition) is 1. The molecule has 0 aromatic carbocycles. The van der Waals surface area contributed by atoms with Crippen molar-refractivity contribution in [3.63, 3.8) is 0 Å². The Bertz CT molecular complexity index is 50.3. The van der Waals surface area contributed by atoms with Crippen molar-refractivity contribution < 1.29 is 14.6 Å². The summed E-state index contributed by atoms with van der Waals surface area (Å²) >= 11 is 0. The van der Waals surface area contributed by atoms with E-state index in [1.807, 2.05) is 6.92 Å². The normalized spacial score (nSPS) is 13.7. The number of aliphatic hydroxyl groups excluding tert-OH is 1. The van der Waals surface area contributed by atoms with Crippen LogP contribution < -0.4 is 0 Å². The van der Waals surface area contributed by atoms with E-state index in [0.717, 1.165) is 0 Å². The lowest BCUT2D eigenvalue weighted by molar-refractivity contribution is -0.0259. The van der Waals surface area contributed by atoms with Crippen LogP contribution in [0.1, 0.15) is 6.92 Å². The highest BCUT2D eigenvalue weighted by Gasteiger charge is 2.03. The molecule has 0 aliphatic rings. The Morgan fingerprint density at radius 3 is 2.56 bits per heavy atom. The lowest BCUT2D eigenvalue weighted by Crippen LogP contribution is -2.22. The minimum Gasteiger partial charge on any atom is -0.394 e. The van der Waals surface area contributed by atoms with Crippen molar-refractivity contribution in [1.82, 2.24) is 0 Å². The third-order valence-corrected chi connectivity index (χ3v) is 0.959. The molecule has 0 spiro atoms. The summed E-state index contributed by atoms with van der Waals surface area (Å²) in [7, 11) is 1.58. The van der Waals surface area contributed by atoms with E-state index in [-0.39, 0.29) is 12.7 Å². The maximum atomic E-state index is 8.58. The topological polar surface area (TPSA) is 38.7 Å². The molecule has 0 fully saturated rings. The maximum absolute atomic E-state index is 8.58. The lowest BCUT2D eigenvalue weighted by atomic mass is 10.4. The first-order chi connectivity index (χ1) is 4.35. The number of hydrogen-bond acceptors (Lipinski definition) is 3. The van der Waals surface area contributed by atoms with Gasteiger partial charge in [-0.25, -0.2) is 0 Å². The zero-order valence-corrected chi connectivity index (χ0v) is 5.96. The number of aliphatic hydroxyl groups is 1. The summed E-state index contributed by atoms with van der Waals surface area (Å²) in [4.78, 5) is 0. The third kappa shape index (κ3) is 4.39. The predicted octanol–water partition coefficient (Wildman–Crippen LogP) is 0.0302. The summed E-state index contributed by atoms with van der Waals surface area (Å²) in [6, 6.07) is 0. The van der Waals surface area contributed by atoms with E-state index in [2.05, 4.69) is 0 Å². The molecule has 0 aromatic rings. The number of methoxy groups -OCH3 is 1. The fourth-order valence-electron chi connectivity index (χ4n) is 0.575. The minimum absolute atomic E-state index is 0.0294. The van der Waals surface area contributed by atoms with E-state index < -0.39 is 0 Å². The van der Waals surface area contributed by atoms with Gasteiger partial charge in [-0.2, -0.15) is 0 Å². The van der Waals surface area contributed by atoms with Gasteiger partial charge in [0.1, 0.15) is 6.10 Å². The summed E-state index contributed by atoms with van der Waals surface area (Å²) in [5, 5.41) is 8.58. The van der Waals surface area contributed by atoms with Gasteiger partial charge in [0.2, 0.25) is 0 Å². The summed E-state index contributed by atoms with van der Waals surface area (Å²) < 4.78 is 9.82. The number of ether oxygens (including phenoxy) is 2. The SMILES string of the molecule is CCOC(CO)COC. The Labute approximate surface area is 55.6 Å². The van der Waals surface area contributed by atoms with E-state index in [0.29, 0.717) is 13.2 Å². The van der Waals surface area contributed by atoms with Gasteiger partial charge in [-0.1, -0.05) is 0 Å². The van der Waals surface area contributed by atoms with Crippen LogP contribution in [0.5, 0.6) is 0 Å². The Hall–Kier alpha value is -0.120. The van der Waals surface area contributed by atoms with Crippen LogP contribution in [0, 0.1) is 0 Å². The largest absolute Gasteiger partial charge is 0.394 e. The van der Waals surface area contributed by atoms with Crippen LogP contribution >= 0.6 is 0 Å². The molecule has 0 bridgehead atoms. The predicted molar refractivity (Wildman–Crippen MR) is 34.4 cm³/mol. The number of rotatable bonds is 5. The van der Waals surface area contributed by atoms with Gasteiger partial charge in [0, 0.05) is 13.7 Å². The smallest absolute Gasteiger partial charge is 0.104 e. The van der Waals surface area contributed by atoms with Crippen molar-refractivity contribution in [2.24, 2.45) is 0 Å². The third-order valence-electron chi connectivity index (χ3n) is 0.959. The van der Waals surface area contributed by atoms with Gasteiger partial charge in [-0.15, -0.1) is 0 Å². The van der Waals surface area contributed by atoms with Gasteiger partial charge in [-0.3, -0.25) is 0 Å². The molecule has 0 aliphatic carbocycles. The van der Waals surface area contributed by atoms with Crippen molar-refractivity contribution in [2.45, 2.75) is 13.0 Å². The first-order valence-electron chi connectivity index (χ1n) is 3.06. The fourth-order valence-corrected chi connectivity index (χ4v) is 0.575. The molecule has 56 valence electrons. The molecule has 0 heterocycles. The zero-order chi connectivity index (χ0) is 7.11. The van der Waals surface area contributed by atoms with E-state index in [1.54, 1.807) is 7.11 Å². The highest BCUT2D eigenvalue weighted by molar-refractivity contribution is 4.51. The van der Waals surface area contributed by atoms with Crippen LogP contribution in [0.4, 0.5) is 0 Å². The van der Waals surface area contributed by atoms with Crippen LogP contribution in [-0.4, -0.2) is 38.1 Å². The summed E-state index contributed by atoms with van der Waals surface area (Å²) in [5.74, 6) is 0. The molecular weight excluding hydrogens is 120 g/mol. The Morgan fingerprint density at radius 2 is 2.22 bits per heavy atom. The summed E-state index contributed by atoms with van der Waals surface area (Å²) in [6.45, 7) is 3.00. The van der Waals surface area contributed by atoms with Crippen molar-refractivity contribution in [3.8, 4) is 0 Å². The van der Waals surface area contributed by atoms with Crippen LogP contribution in [0.15, 0.2) is 0 Å². The highest BCUT2D eigenvalue weighted by Crippen LogP contribution is 1.89. The molecule has 0 radical (unpaired) electrons. The quantitative estimate of drug-likeness (QED) is 0.576. The van der Waals surface area contributed by atoms with Gasteiger partial charge in [0.05, 0.1) is 13.2 Å². The minimum atomic E-state index is -0.153. The van der Waals surface area contributed by atoms with Crippen LogP contribution in [0.25, 0.3) is 0 Å². The van der Waals surface area contributed by atoms with Gasteiger partial charge in [0.25, 0.3) is 0 Å². The molecule has 9 heavy (non-hydrogen) atoms. The highest BCUT2D eigenvalue weighted by atomic mass is 16.5. The standard InChI is InChI=1S/C6H14O3/c1-3-9-6(4-7)5-8-2/h6-7H,3-5H2,1-2H3. The molecule has 3 nitrogen and oxygen atoms in total. The Morgan fingerprint density at radius 1 is 1.56 bits per heavy atom. The van der Waals surface area contributed by atoms with Gasteiger partial charge in [0.15, 0.2) is 0 Å². The molecule has 0 aliphatic heterocycles. The molecule has 1 atom stereocenters. The van der Waals surface area contributed by atoms with E-state index in [9.17, 15) is 0 Å². The molecule has 0 saturated carbocycles. The van der Waals surface area contributed by atoms with Crippen LogP contribution in [0.3, 0.4) is 0 Å². The molecule has 0 aromatic heterocycles. The van der Waals surface area contributed by atoms with E-state index >= 15 is 0 Å². The van der Waals surface area contributed by atoms with Gasteiger partial charge >= 0.3 is 0 Å². The molecule has 0 amide bonds. The summed E-state index contributed by atoms with van der Waals surface area (Å²) in [6.07, 6.45) is -0.153. The van der Waals surface area contributed by atoms with E-state index in [1.165, 1.54) is 0 Å². The maximum Gasteiger partial charge on any atom is 0.104 e. The first kappa shape index (κ1) is 8.88. The van der Waals surface area contributed by atoms with E-state index in [4.69, 9.17) is 14.6 Å². The second kappa shape index (κ2) is 6.01. The second-order valence-electron chi connectivity index (χ2n) is 1.72. The average Bonchev–Trinajstić information content (AvgIpc) is 1.88. The van der Waals surface area contributed by atoms with Gasteiger partial charge in [-0.05, 0) is 6.92 Å². The lowest BCUT2D eigenvalue weighted by Gasteiger charge is -2.11. The van der Waals surface area contributed by atoms with Crippen molar-refractivity contribution in [2.75, 3.05) is 26.9 Å². The fraction of sp³-hybridized carbons (Fsp3) is 1.00. The van der Waals surface area contributed by atoms with Crippen molar-refractivity contribution >= 4 is 0 Å². The molecule has 1 unspecified atom stereocenters. The molecule has 3 heteroatoms. The monoisotopic (exact) mass is 134 g/mol. The van der Waals surface area contributed by atoms with Gasteiger partial charge < -0.3 is 14.6 Å². The first-order valence-corrected chi connectivity index (χ1v) is 3.06.